The summed E-state index contributed by atoms with van der Waals surface area (Å²) in [6, 6.07) is 7.53. The average molecular weight is 396 g/mol. The van der Waals surface area contributed by atoms with Crippen molar-refractivity contribution in [3.05, 3.63) is 57.9 Å². The standard InChI is InChI=1S/C23H28N2O4/c1-6-29-23(28)21-15(3)20(16(4)24(21)5)19(26)13-25(17-11-12-17)22(27)18-10-8-7-9-14(18)2/h7-10,17H,6,11-13H2,1-5H3. The van der Waals surface area contributed by atoms with Crippen molar-refractivity contribution in [1.82, 2.24) is 9.47 Å². The monoisotopic (exact) mass is 396 g/mol. The van der Waals surface area contributed by atoms with Gasteiger partial charge < -0.3 is 14.2 Å². The molecule has 2 aromatic rings. The molecule has 0 atom stereocenters. The molecule has 1 fully saturated rings. The van der Waals surface area contributed by atoms with Crippen molar-refractivity contribution >= 4 is 17.7 Å². The number of nitrogens with zero attached hydrogens (tertiary/aromatic N) is 2. The molecule has 0 saturated heterocycles. The molecule has 0 aliphatic heterocycles. The second kappa shape index (κ2) is 8.23. The van der Waals surface area contributed by atoms with Crippen LogP contribution in [0.25, 0.3) is 0 Å². The lowest BCUT2D eigenvalue weighted by atomic mass is 10.0. The molecule has 0 unspecified atom stereocenters. The third-order valence-corrected chi connectivity index (χ3v) is 5.62. The lowest BCUT2D eigenvalue weighted by Crippen LogP contribution is -2.38. The molecule has 1 heterocycles. The van der Waals surface area contributed by atoms with Gasteiger partial charge in [0.05, 0.1) is 13.2 Å². The fraction of sp³-hybridized carbons (Fsp3) is 0.435. The van der Waals surface area contributed by atoms with E-state index in [0.29, 0.717) is 28.1 Å². The Morgan fingerprint density at radius 3 is 2.38 bits per heavy atom. The number of Topliss-reactive ketones (excluding diaryl/α,β-unsaturated/α-hetero) is 1. The van der Waals surface area contributed by atoms with Crippen molar-refractivity contribution in [1.29, 1.82) is 0 Å². The van der Waals surface area contributed by atoms with Gasteiger partial charge in [-0.2, -0.15) is 0 Å². The molecule has 154 valence electrons. The molecule has 1 aromatic heterocycles. The van der Waals surface area contributed by atoms with Crippen LogP contribution in [0.5, 0.6) is 0 Å². The van der Waals surface area contributed by atoms with Crippen LogP contribution in [-0.4, -0.2) is 46.3 Å². The maximum Gasteiger partial charge on any atom is 0.355 e. The van der Waals surface area contributed by atoms with Crippen LogP contribution in [0, 0.1) is 20.8 Å². The van der Waals surface area contributed by atoms with Gasteiger partial charge in [-0.05, 0) is 57.7 Å². The Hall–Kier alpha value is -2.89. The first-order valence-corrected chi connectivity index (χ1v) is 10.0. The van der Waals surface area contributed by atoms with Gasteiger partial charge in [0.15, 0.2) is 5.78 Å². The van der Waals surface area contributed by atoms with Crippen LogP contribution in [0.15, 0.2) is 24.3 Å². The predicted octanol–water partition coefficient (Wildman–Crippen LogP) is 3.61. The van der Waals surface area contributed by atoms with E-state index in [9.17, 15) is 14.4 Å². The topological polar surface area (TPSA) is 68.6 Å². The molecule has 1 aromatic carbocycles. The van der Waals surface area contributed by atoms with E-state index in [2.05, 4.69) is 0 Å². The average Bonchev–Trinajstić information content (AvgIpc) is 3.48. The zero-order valence-electron chi connectivity index (χ0n) is 17.7. The fourth-order valence-electron chi connectivity index (χ4n) is 3.83. The van der Waals surface area contributed by atoms with Gasteiger partial charge in [0.25, 0.3) is 5.91 Å². The second-order valence-corrected chi connectivity index (χ2v) is 7.62. The van der Waals surface area contributed by atoms with E-state index in [4.69, 9.17) is 4.74 Å². The third kappa shape index (κ3) is 3.97. The fourth-order valence-corrected chi connectivity index (χ4v) is 3.83. The van der Waals surface area contributed by atoms with E-state index in [-0.39, 0.29) is 30.9 Å². The van der Waals surface area contributed by atoms with E-state index >= 15 is 0 Å². The summed E-state index contributed by atoms with van der Waals surface area (Å²) in [6.07, 6.45) is 1.82. The number of aryl methyl sites for hydroxylation is 1. The highest BCUT2D eigenvalue weighted by atomic mass is 16.5. The van der Waals surface area contributed by atoms with E-state index in [0.717, 1.165) is 18.4 Å². The van der Waals surface area contributed by atoms with Crippen molar-refractivity contribution < 1.29 is 19.1 Å². The Balaban J connectivity index is 1.90. The number of carbonyl (C=O) groups excluding carboxylic acids is 3. The molecule has 1 saturated carbocycles. The number of carbonyl (C=O) groups is 3. The molecule has 0 radical (unpaired) electrons. The van der Waals surface area contributed by atoms with Crippen LogP contribution in [-0.2, 0) is 11.8 Å². The molecule has 3 rings (SSSR count). The molecule has 0 N–H and O–H groups in total. The van der Waals surface area contributed by atoms with Crippen LogP contribution < -0.4 is 0 Å². The highest BCUT2D eigenvalue weighted by Crippen LogP contribution is 2.30. The highest BCUT2D eigenvalue weighted by Gasteiger charge is 2.36. The van der Waals surface area contributed by atoms with Gasteiger partial charge >= 0.3 is 5.97 Å². The van der Waals surface area contributed by atoms with Gasteiger partial charge in [0.2, 0.25) is 0 Å². The predicted molar refractivity (Wildman–Crippen MR) is 110 cm³/mol. The van der Waals surface area contributed by atoms with Crippen LogP contribution in [0.3, 0.4) is 0 Å². The Bertz CT molecular complexity index is 969. The van der Waals surface area contributed by atoms with Crippen LogP contribution >= 0.6 is 0 Å². The summed E-state index contributed by atoms with van der Waals surface area (Å²) >= 11 is 0. The van der Waals surface area contributed by atoms with Crippen LogP contribution in [0.4, 0.5) is 0 Å². The Morgan fingerprint density at radius 2 is 1.79 bits per heavy atom. The number of ether oxygens (including phenoxy) is 1. The van der Waals surface area contributed by atoms with Crippen molar-refractivity contribution in [3.8, 4) is 0 Å². The van der Waals surface area contributed by atoms with E-state index in [1.165, 1.54) is 0 Å². The SMILES string of the molecule is CCOC(=O)c1c(C)c(C(=O)CN(C(=O)c2ccccc2C)C2CC2)c(C)n1C. The molecule has 1 aliphatic rings. The summed E-state index contributed by atoms with van der Waals surface area (Å²) < 4.78 is 6.84. The van der Waals surface area contributed by atoms with E-state index < -0.39 is 5.97 Å². The highest BCUT2D eigenvalue weighted by molar-refractivity contribution is 6.06. The first-order valence-electron chi connectivity index (χ1n) is 10.0. The Morgan fingerprint density at radius 1 is 1.14 bits per heavy atom. The molecular formula is C23H28N2O4. The summed E-state index contributed by atoms with van der Waals surface area (Å²) in [6.45, 7) is 7.50. The molecular weight excluding hydrogens is 368 g/mol. The number of rotatable bonds is 7. The minimum atomic E-state index is -0.440. The number of hydrogen-bond acceptors (Lipinski definition) is 4. The molecule has 6 heteroatoms. The summed E-state index contributed by atoms with van der Waals surface area (Å²) in [4.78, 5) is 40.4. The molecule has 1 amide bonds. The number of ketones is 1. The lowest BCUT2D eigenvalue weighted by Gasteiger charge is -2.23. The molecule has 0 spiro atoms. The number of amides is 1. The first kappa shape index (κ1) is 20.8. The van der Waals surface area contributed by atoms with Crippen molar-refractivity contribution in [3.63, 3.8) is 0 Å². The van der Waals surface area contributed by atoms with Gasteiger partial charge in [0, 0.05) is 29.9 Å². The Kier molecular flexibility index (Phi) is 5.91. The number of hydrogen-bond donors (Lipinski definition) is 0. The van der Waals surface area contributed by atoms with Gasteiger partial charge in [-0.3, -0.25) is 9.59 Å². The molecule has 29 heavy (non-hydrogen) atoms. The summed E-state index contributed by atoms with van der Waals surface area (Å²) in [5.41, 5.74) is 3.71. The normalized spacial score (nSPS) is 13.3. The molecule has 1 aliphatic carbocycles. The zero-order chi connectivity index (χ0) is 21.3. The smallest absolute Gasteiger partial charge is 0.355 e. The maximum absolute atomic E-state index is 13.2. The Labute approximate surface area is 171 Å². The zero-order valence-corrected chi connectivity index (χ0v) is 17.7. The van der Waals surface area contributed by atoms with E-state index in [1.54, 1.807) is 36.4 Å². The summed E-state index contributed by atoms with van der Waals surface area (Å²) in [5, 5.41) is 0. The molecule has 0 bridgehead atoms. The lowest BCUT2D eigenvalue weighted by molar-refractivity contribution is 0.0514. The van der Waals surface area contributed by atoms with E-state index in [1.807, 2.05) is 32.0 Å². The third-order valence-electron chi connectivity index (χ3n) is 5.62. The first-order chi connectivity index (χ1) is 13.8. The quantitative estimate of drug-likeness (QED) is 0.530. The number of aromatic nitrogens is 1. The van der Waals surface area contributed by atoms with Crippen molar-refractivity contribution in [2.24, 2.45) is 7.05 Å². The van der Waals surface area contributed by atoms with Gasteiger partial charge in [-0.25, -0.2) is 4.79 Å². The van der Waals surface area contributed by atoms with Crippen molar-refractivity contribution in [2.75, 3.05) is 13.2 Å². The maximum atomic E-state index is 13.2. The largest absolute Gasteiger partial charge is 0.461 e. The minimum absolute atomic E-state index is 0.00575. The summed E-state index contributed by atoms with van der Waals surface area (Å²) in [7, 11) is 1.75. The minimum Gasteiger partial charge on any atom is -0.461 e. The summed E-state index contributed by atoms with van der Waals surface area (Å²) in [5.74, 6) is -0.708. The van der Waals surface area contributed by atoms with Crippen LogP contribution in [0.2, 0.25) is 0 Å². The van der Waals surface area contributed by atoms with Crippen LogP contribution in [0.1, 0.15) is 67.8 Å². The number of esters is 1. The second-order valence-electron chi connectivity index (χ2n) is 7.62. The van der Waals surface area contributed by atoms with Gasteiger partial charge in [-0.15, -0.1) is 0 Å². The molecule has 6 nitrogen and oxygen atoms in total. The van der Waals surface area contributed by atoms with Crippen molar-refractivity contribution in [2.45, 2.75) is 46.6 Å². The van der Waals surface area contributed by atoms with Gasteiger partial charge in [0.1, 0.15) is 5.69 Å². The van der Waals surface area contributed by atoms with Gasteiger partial charge in [-0.1, -0.05) is 18.2 Å². The number of benzene rings is 1.